The Morgan fingerprint density at radius 2 is 1.53 bits per heavy atom. The quantitative estimate of drug-likeness (QED) is 0.454. The van der Waals surface area contributed by atoms with Crippen molar-refractivity contribution in [3.8, 4) is 5.69 Å². The number of benzene rings is 3. The summed E-state index contributed by atoms with van der Waals surface area (Å²) in [6, 6.07) is 21.3. The van der Waals surface area contributed by atoms with Crippen LogP contribution < -0.4 is 5.46 Å². The van der Waals surface area contributed by atoms with E-state index in [-0.39, 0.29) is 18.3 Å². The van der Waals surface area contributed by atoms with Gasteiger partial charge in [-0.2, -0.15) is 0 Å². The first-order valence-electron chi connectivity index (χ1n) is 10.7. The van der Waals surface area contributed by atoms with Crippen LogP contribution in [0, 0.1) is 0 Å². The second kappa shape index (κ2) is 6.69. The van der Waals surface area contributed by atoms with E-state index in [9.17, 15) is 0 Å². The van der Waals surface area contributed by atoms with Gasteiger partial charge < -0.3 is 9.31 Å². The van der Waals surface area contributed by atoms with Gasteiger partial charge in [0, 0.05) is 17.5 Å². The van der Waals surface area contributed by atoms with Gasteiger partial charge in [-0.1, -0.05) is 49.4 Å². The number of nitrogens with zero attached hydrogens (tertiary/aromatic N) is 2. The van der Waals surface area contributed by atoms with Gasteiger partial charge in [-0.05, 0) is 56.7 Å². The third kappa shape index (κ3) is 2.88. The first kappa shape index (κ1) is 19.3. The monoisotopic (exact) mass is 398 g/mol. The SMILES string of the molecule is CCc1nc2c3ccccc3ccc2n1-c1ccc(B2OC(C)(C)C(C)(C)O2)cc1. The zero-order valence-corrected chi connectivity index (χ0v) is 18.3. The summed E-state index contributed by atoms with van der Waals surface area (Å²) in [4.78, 5) is 4.99. The van der Waals surface area contributed by atoms with Crippen LogP contribution >= 0.6 is 0 Å². The van der Waals surface area contributed by atoms with Crippen molar-refractivity contribution in [3.05, 3.63) is 66.5 Å². The molecule has 1 aliphatic heterocycles. The van der Waals surface area contributed by atoms with Crippen LogP contribution in [0.5, 0.6) is 0 Å². The predicted molar refractivity (Wildman–Crippen MR) is 124 cm³/mol. The molecule has 0 amide bonds. The maximum atomic E-state index is 6.20. The molecule has 1 aromatic heterocycles. The van der Waals surface area contributed by atoms with Crippen molar-refractivity contribution in [3.63, 3.8) is 0 Å². The number of aromatic nitrogens is 2. The van der Waals surface area contributed by atoms with Crippen LogP contribution in [0.1, 0.15) is 40.4 Å². The second-order valence-electron chi connectivity index (χ2n) is 9.05. The summed E-state index contributed by atoms with van der Waals surface area (Å²) in [5.74, 6) is 1.06. The maximum absolute atomic E-state index is 6.20. The first-order chi connectivity index (χ1) is 14.3. The molecule has 0 bridgehead atoms. The molecule has 0 saturated carbocycles. The van der Waals surface area contributed by atoms with Gasteiger partial charge in [0.15, 0.2) is 0 Å². The van der Waals surface area contributed by atoms with E-state index in [1.807, 2.05) is 0 Å². The van der Waals surface area contributed by atoms with Crippen LogP contribution in [-0.4, -0.2) is 27.9 Å². The van der Waals surface area contributed by atoms with Crippen LogP contribution in [0.4, 0.5) is 0 Å². The molecule has 5 heteroatoms. The largest absolute Gasteiger partial charge is 0.494 e. The summed E-state index contributed by atoms with van der Waals surface area (Å²) in [5, 5.41) is 2.41. The predicted octanol–water partition coefficient (Wildman–Crippen LogP) is 5.04. The fourth-order valence-corrected chi connectivity index (χ4v) is 4.14. The molecular formula is C25H27BN2O2. The van der Waals surface area contributed by atoms with Gasteiger partial charge in [-0.25, -0.2) is 4.98 Å². The molecule has 0 radical (unpaired) electrons. The molecule has 4 aromatic rings. The molecule has 5 rings (SSSR count). The van der Waals surface area contributed by atoms with E-state index in [0.29, 0.717) is 0 Å². The van der Waals surface area contributed by atoms with Crippen LogP contribution in [0.3, 0.4) is 0 Å². The fourth-order valence-electron chi connectivity index (χ4n) is 4.14. The van der Waals surface area contributed by atoms with Crippen molar-refractivity contribution in [2.24, 2.45) is 0 Å². The Hall–Kier alpha value is -2.63. The van der Waals surface area contributed by atoms with Gasteiger partial charge in [-0.15, -0.1) is 0 Å². The lowest BCUT2D eigenvalue weighted by molar-refractivity contribution is 0.00578. The summed E-state index contributed by atoms with van der Waals surface area (Å²) in [5.41, 5.74) is 3.64. The van der Waals surface area contributed by atoms with Crippen LogP contribution in [0.2, 0.25) is 0 Å². The number of fused-ring (bicyclic) bond motifs is 3. The van der Waals surface area contributed by atoms with Crippen LogP contribution in [0.15, 0.2) is 60.7 Å². The minimum atomic E-state index is -0.349. The molecule has 0 spiro atoms. The average Bonchev–Trinajstić information content (AvgIpc) is 3.22. The van der Waals surface area contributed by atoms with Crippen molar-refractivity contribution in [2.75, 3.05) is 0 Å². The third-order valence-corrected chi connectivity index (χ3v) is 6.61. The molecule has 2 heterocycles. The summed E-state index contributed by atoms with van der Waals surface area (Å²) < 4.78 is 14.7. The number of rotatable bonds is 3. The van der Waals surface area contributed by atoms with Crippen LogP contribution in [-0.2, 0) is 15.7 Å². The minimum absolute atomic E-state index is 0.340. The molecule has 0 N–H and O–H groups in total. The van der Waals surface area contributed by atoms with Crippen molar-refractivity contribution in [1.29, 1.82) is 0 Å². The summed E-state index contributed by atoms with van der Waals surface area (Å²) in [6.07, 6.45) is 0.863. The molecule has 30 heavy (non-hydrogen) atoms. The van der Waals surface area contributed by atoms with E-state index in [1.54, 1.807) is 0 Å². The molecule has 0 unspecified atom stereocenters. The number of hydrogen-bond acceptors (Lipinski definition) is 3. The lowest BCUT2D eigenvalue weighted by Crippen LogP contribution is -2.41. The van der Waals surface area contributed by atoms with Gasteiger partial charge in [0.25, 0.3) is 0 Å². The van der Waals surface area contributed by atoms with E-state index in [2.05, 4.69) is 99.8 Å². The molecule has 1 aliphatic rings. The molecule has 3 aromatic carbocycles. The molecule has 1 fully saturated rings. The maximum Gasteiger partial charge on any atom is 0.494 e. The topological polar surface area (TPSA) is 36.3 Å². The average molecular weight is 398 g/mol. The molecule has 0 atom stereocenters. The normalized spacial score (nSPS) is 17.8. The van der Waals surface area contributed by atoms with E-state index in [1.165, 1.54) is 10.8 Å². The lowest BCUT2D eigenvalue weighted by atomic mass is 9.79. The van der Waals surface area contributed by atoms with Gasteiger partial charge in [0.05, 0.1) is 22.2 Å². The third-order valence-electron chi connectivity index (χ3n) is 6.61. The Kier molecular flexibility index (Phi) is 4.32. The summed E-state index contributed by atoms with van der Waals surface area (Å²) >= 11 is 0. The highest BCUT2D eigenvalue weighted by Gasteiger charge is 2.51. The second-order valence-corrected chi connectivity index (χ2v) is 9.05. The Morgan fingerprint density at radius 1 is 0.867 bits per heavy atom. The van der Waals surface area contributed by atoms with E-state index < -0.39 is 0 Å². The number of imidazole rings is 1. The van der Waals surface area contributed by atoms with E-state index >= 15 is 0 Å². The van der Waals surface area contributed by atoms with Crippen molar-refractivity contribution < 1.29 is 9.31 Å². The first-order valence-corrected chi connectivity index (χ1v) is 10.7. The molecule has 152 valence electrons. The van der Waals surface area contributed by atoms with Gasteiger partial charge in [-0.3, -0.25) is 4.57 Å². The van der Waals surface area contributed by atoms with Crippen molar-refractivity contribution >= 4 is 34.4 Å². The fraction of sp³-hybridized carbons (Fsp3) is 0.320. The highest BCUT2D eigenvalue weighted by Crippen LogP contribution is 2.36. The zero-order valence-electron chi connectivity index (χ0n) is 18.3. The number of hydrogen-bond donors (Lipinski definition) is 0. The zero-order chi connectivity index (χ0) is 21.1. The minimum Gasteiger partial charge on any atom is -0.399 e. The van der Waals surface area contributed by atoms with E-state index in [0.717, 1.165) is 34.4 Å². The Labute approximate surface area is 178 Å². The standard InChI is InChI=1S/C25H27BN2O2/c1-6-22-27-23-20-10-8-7-9-17(20)11-16-21(23)28(22)19-14-12-18(13-15-19)26-29-24(2,3)25(4,5)30-26/h7-16H,6H2,1-5H3. The van der Waals surface area contributed by atoms with Gasteiger partial charge in [0.2, 0.25) is 0 Å². The van der Waals surface area contributed by atoms with Gasteiger partial charge >= 0.3 is 7.12 Å². The van der Waals surface area contributed by atoms with Crippen LogP contribution in [0.25, 0.3) is 27.5 Å². The smallest absolute Gasteiger partial charge is 0.399 e. The van der Waals surface area contributed by atoms with E-state index in [4.69, 9.17) is 14.3 Å². The molecular weight excluding hydrogens is 371 g/mol. The summed E-state index contributed by atoms with van der Waals surface area (Å²) in [7, 11) is -0.349. The molecule has 1 saturated heterocycles. The summed E-state index contributed by atoms with van der Waals surface area (Å²) in [6.45, 7) is 10.5. The Balaban J connectivity index is 1.57. The highest BCUT2D eigenvalue weighted by atomic mass is 16.7. The van der Waals surface area contributed by atoms with Crippen molar-refractivity contribution in [1.82, 2.24) is 9.55 Å². The molecule has 4 nitrogen and oxygen atoms in total. The molecule has 0 aliphatic carbocycles. The number of aryl methyl sites for hydroxylation is 1. The Bertz CT molecular complexity index is 1230. The Morgan fingerprint density at radius 3 is 2.20 bits per heavy atom. The van der Waals surface area contributed by atoms with Crippen molar-refractivity contribution in [2.45, 2.75) is 52.2 Å². The van der Waals surface area contributed by atoms with Gasteiger partial charge in [0.1, 0.15) is 5.82 Å². The lowest BCUT2D eigenvalue weighted by Gasteiger charge is -2.32. The highest BCUT2D eigenvalue weighted by molar-refractivity contribution is 6.62.